The summed E-state index contributed by atoms with van der Waals surface area (Å²) in [6.45, 7) is 12.2. The van der Waals surface area contributed by atoms with E-state index in [0.29, 0.717) is 17.9 Å². The van der Waals surface area contributed by atoms with E-state index in [0.717, 1.165) is 43.5 Å². The monoisotopic (exact) mass is 315 g/mol. The van der Waals surface area contributed by atoms with Crippen LogP contribution < -0.4 is 5.69 Å². The van der Waals surface area contributed by atoms with Crippen LogP contribution in [-0.2, 0) is 0 Å². The number of hydrogen-bond donors (Lipinski definition) is 1. The maximum atomic E-state index is 12.5. The molecular formula is C19H29N3O. The molecule has 0 radical (unpaired) electrons. The molecule has 0 amide bonds. The van der Waals surface area contributed by atoms with Gasteiger partial charge in [-0.15, -0.1) is 0 Å². The van der Waals surface area contributed by atoms with Crippen molar-refractivity contribution >= 4 is 11.0 Å². The minimum Gasteiger partial charge on any atom is -0.306 e. The normalized spacial score (nSPS) is 17.7. The molecule has 3 rings (SSSR count). The highest BCUT2D eigenvalue weighted by molar-refractivity contribution is 5.76. The number of aromatic nitrogens is 2. The van der Waals surface area contributed by atoms with Crippen LogP contribution in [0.3, 0.4) is 0 Å². The Morgan fingerprint density at radius 3 is 2.48 bits per heavy atom. The Labute approximate surface area is 138 Å². The van der Waals surface area contributed by atoms with Crippen LogP contribution >= 0.6 is 0 Å². The SMILES string of the molecule is CC(C)CN1CCC(n2c(=O)[nH]c3cc(C(C)C)ccc32)CC1. The van der Waals surface area contributed by atoms with E-state index < -0.39 is 0 Å². The molecule has 4 heteroatoms. The molecule has 2 aromatic rings. The third-order valence-corrected chi connectivity index (χ3v) is 4.95. The van der Waals surface area contributed by atoms with Crippen molar-refractivity contribution < 1.29 is 0 Å². The largest absolute Gasteiger partial charge is 0.326 e. The van der Waals surface area contributed by atoms with Crippen LogP contribution in [0.5, 0.6) is 0 Å². The minimum absolute atomic E-state index is 0.0446. The van der Waals surface area contributed by atoms with E-state index in [2.05, 4.69) is 55.8 Å². The van der Waals surface area contributed by atoms with Crippen molar-refractivity contribution in [2.75, 3.05) is 19.6 Å². The van der Waals surface area contributed by atoms with Gasteiger partial charge in [0.25, 0.3) is 0 Å². The molecule has 1 N–H and O–H groups in total. The molecular weight excluding hydrogens is 286 g/mol. The molecule has 1 aliphatic heterocycles. The number of nitrogens with zero attached hydrogens (tertiary/aromatic N) is 2. The zero-order chi connectivity index (χ0) is 16.6. The highest BCUT2D eigenvalue weighted by atomic mass is 16.1. The summed E-state index contributed by atoms with van der Waals surface area (Å²) >= 11 is 0. The first-order chi connectivity index (χ1) is 11.0. The van der Waals surface area contributed by atoms with E-state index in [9.17, 15) is 4.79 Å². The molecule has 4 nitrogen and oxygen atoms in total. The number of aromatic amines is 1. The molecule has 1 aliphatic rings. The van der Waals surface area contributed by atoms with Gasteiger partial charge in [-0.3, -0.25) is 4.57 Å². The predicted molar refractivity (Wildman–Crippen MR) is 96.2 cm³/mol. The minimum atomic E-state index is 0.0446. The third kappa shape index (κ3) is 3.37. The number of likely N-dealkylation sites (tertiary alicyclic amines) is 1. The topological polar surface area (TPSA) is 41.0 Å². The molecule has 0 aliphatic carbocycles. The number of fused-ring (bicyclic) bond motifs is 1. The number of imidazole rings is 1. The van der Waals surface area contributed by atoms with E-state index >= 15 is 0 Å². The van der Waals surface area contributed by atoms with Gasteiger partial charge in [0.05, 0.1) is 11.0 Å². The zero-order valence-corrected chi connectivity index (χ0v) is 14.8. The molecule has 126 valence electrons. The molecule has 1 fully saturated rings. The van der Waals surface area contributed by atoms with E-state index in [1.54, 1.807) is 0 Å². The van der Waals surface area contributed by atoms with Crippen LogP contribution in [0.4, 0.5) is 0 Å². The maximum absolute atomic E-state index is 12.5. The standard InChI is InChI=1S/C19H29N3O/c1-13(2)12-21-9-7-16(8-10-21)22-18-6-5-15(14(3)4)11-17(18)20-19(22)23/h5-6,11,13-14,16H,7-10,12H2,1-4H3,(H,20,23). The molecule has 0 unspecified atom stereocenters. The van der Waals surface area contributed by atoms with Gasteiger partial charge in [0.2, 0.25) is 0 Å². The van der Waals surface area contributed by atoms with E-state index in [1.807, 2.05) is 4.57 Å². The molecule has 0 bridgehead atoms. The Bertz CT molecular complexity index is 718. The summed E-state index contributed by atoms with van der Waals surface area (Å²) in [5.74, 6) is 1.18. The fraction of sp³-hybridized carbons (Fsp3) is 0.632. The van der Waals surface area contributed by atoms with Crippen LogP contribution in [-0.4, -0.2) is 34.1 Å². The van der Waals surface area contributed by atoms with Crippen molar-refractivity contribution in [1.29, 1.82) is 0 Å². The van der Waals surface area contributed by atoms with Gasteiger partial charge in [0, 0.05) is 25.7 Å². The average molecular weight is 315 g/mol. The summed E-state index contributed by atoms with van der Waals surface area (Å²) in [7, 11) is 0. The molecule has 0 atom stereocenters. The van der Waals surface area contributed by atoms with Gasteiger partial charge >= 0.3 is 5.69 Å². The second-order valence-corrected chi connectivity index (χ2v) is 7.66. The Morgan fingerprint density at radius 2 is 1.87 bits per heavy atom. The van der Waals surface area contributed by atoms with Crippen LogP contribution in [0.15, 0.2) is 23.0 Å². The number of piperidine rings is 1. The first-order valence-corrected chi connectivity index (χ1v) is 8.92. The Hall–Kier alpha value is -1.55. The second-order valence-electron chi connectivity index (χ2n) is 7.66. The second kappa shape index (κ2) is 6.52. The summed E-state index contributed by atoms with van der Waals surface area (Å²) in [6.07, 6.45) is 2.12. The first-order valence-electron chi connectivity index (χ1n) is 8.92. The van der Waals surface area contributed by atoms with Crippen LogP contribution in [0.1, 0.15) is 58.1 Å². The summed E-state index contributed by atoms with van der Waals surface area (Å²) in [6, 6.07) is 6.73. The lowest BCUT2D eigenvalue weighted by molar-refractivity contribution is 0.170. The Kier molecular flexibility index (Phi) is 4.62. The molecule has 1 aromatic carbocycles. The highest BCUT2D eigenvalue weighted by Gasteiger charge is 2.23. The fourth-order valence-corrected chi connectivity index (χ4v) is 3.75. The highest BCUT2D eigenvalue weighted by Crippen LogP contribution is 2.26. The van der Waals surface area contributed by atoms with Crippen LogP contribution in [0, 0.1) is 5.92 Å². The molecule has 1 aromatic heterocycles. The van der Waals surface area contributed by atoms with Gasteiger partial charge in [-0.05, 0) is 42.4 Å². The zero-order valence-electron chi connectivity index (χ0n) is 14.8. The predicted octanol–water partition coefficient (Wildman–Crippen LogP) is 3.75. The third-order valence-electron chi connectivity index (χ3n) is 4.95. The van der Waals surface area contributed by atoms with Gasteiger partial charge in [-0.2, -0.15) is 0 Å². The van der Waals surface area contributed by atoms with Crippen molar-refractivity contribution in [1.82, 2.24) is 14.5 Å². The number of rotatable bonds is 4. The smallest absolute Gasteiger partial charge is 0.306 e. The fourth-order valence-electron chi connectivity index (χ4n) is 3.75. The van der Waals surface area contributed by atoms with E-state index in [-0.39, 0.29) is 5.69 Å². The number of nitrogens with one attached hydrogen (secondary N) is 1. The number of benzene rings is 1. The van der Waals surface area contributed by atoms with Crippen molar-refractivity contribution in [3.63, 3.8) is 0 Å². The van der Waals surface area contributed by atoms with Gasteiger partial charge in [-0.25, -0.2) is 4.79 Å². The lowest BCUT2D eigenvalue weighted by Crippen LogP contribution is -2.38. The average Bonchev–Trinajstić information content (AvgIpc) is 2.82. The molecule has 1 saturated heterocycles. The number of H-pyrrole nitrogens is 1. The Balaban J connectivity index is 1.83. The van der Waals surface area contributed by atoms with Crippen LogP contribution in [0.25, 0.3) is 11.0 Å². The first kappa shape index (κ1) is 16.3. The molecule has 0 saturated carbocycles. The summed E-state index contributed by atoms with van der Waals surface area (Å²) in [5, 5.41) is 0. The number of hydrogen-bond acceptors (Lipinski definition) is 2. The van der Waals surface area contributed by atoms with Crippen molar-refractivity contribution in [2.45, 2.75) is 52.5 Å². The lowest BCUT2D eigenvalue weighted by atomic mass is 10.0. The lowest BCUT2D eigenvalue weighted by Gasteiger charge is -2.33. The quantitative estimate of drug-likeness (QED) is 0.933. The van der Waals surface area contributed by atoms with Crippen molar-refractivity contribution in [3.8, 4) is 0 Å². The van der Waals surface area contributed by atoms with Crippen molar-refractivity contribution in [2.24, 2.45) is 5.92 Å². The van der Waals surface area contributed by atoms with Gasteiger partial charge in [0.1, 0.15) is 0 Å². The van der Waals surface area contributed by atoms with E-state index in [1.165, 1.54) is 5.56 Å². The molecule has 23 heavy (non-hydrogen) atoms. The van der Waals surface area contributed by atoms with Crippen molar-refractivity contribution in [3.05, 3.63) is 34.2 Å². The Morgan fingerprint density at radius 1 is 1.17 bits per heavy atom. The van der Waals surface area contributed by atoms with E-state index in [4.69, 9.17) is 0 Å². The van der Waals surface area contributed by atoms with Gasteiger partial charge < -0.3 is 9.88 Å². The van der Waals surface area contributed by atoms with Gasteiger partial charge in [-0.1, -0.05) is 33.8 Å². The summed E-state index contributed by atoms with van der Waals surface area (Å²) in [4.78, 5) is 18.1. The maximum Gasteiger partial charge on any atom is 0.326 e. The molecule has 0 spiro atoms. The molecule has 2 heterocycles. The van der Waals surface area contributed by atoms with Crippen LogP contribution in [0.2, 0.25) is 0 Å². The summed E-state index contributed by atoms with van der Waals surface area (Å²) in [5.41, 5.74) is 3.35. The summed E-state index contributed by atoms with van der Waals surface area (Å²) < 4.78 is 1.99. The van der Waals surface area contributed by atoms with Gasteiger partial charge in [0.15, 0.2) is 0 Å².